The van der Waals surface area contributed by atoms with Gasteiger partial charge in [-0.3, -0.25) is 14.9 Å². The van der Waals surface area contributed by atoms with Crippen LogP contribution in [0.15, 0.2) is 6.33 Å². The zero-order valence-corrected chi connectivity index (χ0v) is 9.94. The molecule has 1 unspecified atom stereocenters. The fourth-order valence-corrected chi connectivity index (χ4v) is 2.17. The van der Waals surface area contributed by atoms with E-state index in [0.29, 0.717) is 19.4 Å². The van der Waals surface area contributed by atoms with Crippen LogP contribution in [0.4, 0.5) is 17.3 Å². The smallest absolute Gasteiger partial charge is 0.354 e. The Morgan fingerprint density at radius 2 is 2.32 bits per heavy atom. The second kappa shape index (κ2) is 5.02. The van der Waals surface area contributed by atoms with E-state index < -0.39 is 16.9 Å². The van der Waals surface area contributed by atoms with Gasteiger partial charge in [0.15, 0.2) is 0 Å². The van der Waals surface area contributed by atoms with Gasteiger partial charge in [-0.15, -0.1) is 0 Å². The highest BCUT2D eigenvalue weighted by atomic mass is 16.6. The Morgan fingerprint density at radius 1 is 1.58 bits per heavy atom. The number of nitrogens with one attached hydrogen (secondary N) is 1. The van der Waals surface area contributed by atoms with Crippen LogP contribution < -0.4 is 21.9 Å². The summed E-state index contributed by atoms with van der Waals surface area (Å²) in [5, 5.41) is 11.1. The summed E-state index contributed by atoms with van der Waals surface area (Å²) in [5.74, 6) is 4.60. The summed E-state index contributed by atoms with van der Waals surface area (Å²) in [6.07, 6.45) is 2.40. The predicted molar refractivity (Wildman–Crippen MR) is 66.1 cm³/mol. The molecule has 102 valence electrons. The molecule has 10 heteroatoms. The zero-order chi connectivity index (χ0) is 14.0. The summed E-state index contributed by atoms with van der Waals surface area (Å²) in [4.78, 5) is 30.9. The standard InChI is InChI=1S/C9H13N7O3/c10-7(17)5-2-1-3-15(5)9-6(16(18)19)8(14-11)12-4-13-9/h4-5H,1-3,11H2,(H2,10,17)(H,12,13,14). The van der Waals surface area contributed by atoms with E-state index >= 15 is 0 Å². The van der Waals surface area contributed by atoms with Gasteiger partial charge in [0, 0.05) is 6.54 Å². The molecule has 0 spiro atoms. The summed E-state index contributed by atoms with van der Waals surface area (Å²) in [6, 6.07) is -0.598. The van der Waals surface area contributed by atoms with E-state index in [4.69, 9.17) is 11.6 Å². The number of nitrogen functional groups attached to an aromatic ring is 1. The van der Waals surface area contributed by atoms with Crippen LogP contribution in [0.3, 0.4) is 0 Å². The zero-order valence-electron chi connectivity index (χ0n) is 9.94. The van der Waals surface area contributed by atoms with Crippen molar-refractivity contribution in [3.8, 4) is 0 Å². The van der Waals surface area contributed by atoms with Crippen LogP contribution in [0.5, 0.6) is 0 Å². The lowest BCUT2D eigenvalue weighted by Crippen LogP contribution is -2.41. The molecule has 0 aliphatic carbocycles. The summed E-state index contributed by atoms with van der Waals surface area (Å²) in [5.41, 5.74) is 7.07. The van der Waals surface area contributed by atoms with Crippen LogP contribution >= 0.6 is 0 Å². The molecular weight excluding hydrogens is 254 g/mol. The molecule has 1 aliphatic rings. The Balaban J connectivity index is 2.50. The Kier molecular flexibility index (Phi) is 3.42. The van der Waals surface area contributed by atoms with E-state index in [1.54, 1.807) is 0 Å². The molecule has 0 saturated carbocycles. The minimum atomic E-state index is -0.638. The van der Waals surface area contributed by atoms with Crippen molar-refractivity contribution in [2.75, 3.05) is 16.9 Å². The minimum absolute atomic E-state index is 0.0502. The number of primary amides is 1. The predicted octanol–water partition coefficient (Wildman–Crippen LogP) is -0.876. The van der Waals surface area contributed by atoms with E-state index in [-0.39, 0.29) is 17.3 Å². The fourth-order valence-electron chi connectivity index (χ4n) is 2.17. The lowest BCUT2D eigenvalue weighted by atomic mass is 10.2. The van der Waals surface area contributed by atoms with Gasteiger partial charge in [-0.2, -0.15) is 0 Å². The lowest BCUT2D eigenvalue weighted by molar-refractivity contribution is -0.383. The largest absolute Gasteiger partial charge is 0.368 e. The minimum Gasteiger partial charge on any atom is -0.368 e. The molecule has 1 aromatic rings. The third-order valence-electron chi connectivity index (χ3n) is 2.98. The van der Waals surface area contributed by atoms with Gasteiger partial charge in [-0.05, 0) is 12.8 Å². The molecule has 1 amide bonds. The SMILES string of the molecule is NNc1ncnc(N2CCCC2C(N)=O)c1[N+](=O)[O-]. The first kappa shape index (κ1) is 13.0. The molecule has 5 N–H and O–H groups in total. The van der Waals surface area contributed by atoms with Crippen molar-refractivity contribution >= 4 is 23.2 Å². The van der Waals surface area contributed by atoms with E-state index in [9.17, 15) is 14.9 Å². The highest BCUT2D eigenvalue weighted by molar-refractivity contribution is 5.85. The summed E-state index contributed by atoms with van der Waals surface area (Å²) >= 11 is 0. The molecule has 0 bridgehead atoms. The Bertz CT molecular complexity index is 521. The second-order valence-electron chi connectivity index (χ2n) is 4.05. The number of carbonyl (C=O) groups excluding carboxylic acids is 1. The molecule has 2 heterocycles. The number of nitro groups is 1. The van der Waals surface area contributed by atoms with Gasteiger partial charge in [-0.1, -0.05) is 0 Å². The highest BCUT2D eigenvalue weighted by Gasteiger charge is 2.36. The Hall–Kier alpha value is -2.49. The average molecular weight is 267 g/mol. The molecule has 1 aliphatic heterocycles. The summed E-state index contributed by atoms with van der Waals surface area (Å²) in [7, 11) is 0. The maximum absolute atomic E-state index is 11.3. The number of anilines is 2. The van der Waals surface area contributed by atoms with Crippen molar-refractivity contribution < 1.29 is 9.72 Å². The van der Waals surface area contributed by atoms with E-state index in [0.717, 1.165) is 6.33 Å². The van der Waals surface area contributed by atoms with Gasteiger partial charge in [0.05, 0.1) is 4.92 Å². The van der Waals surface area contributed by atoms with Crippen molar-refractivity contribution in [3.05, 3.63) is 16.4 Å². The van der Waals surface area contributed by atoms with Crippen LogP contribution in [0.2, 0.25) is 0 Å². The molecule has 1 atom stereocenters. The highest BCUT2D eigenvalue weighted by Crippen LogP contribution is 2.35. The van der Waals surface area contributed by atoms with Crippen LogP contribution in [0, 0.1) is 10.1 Å². The molecule has 1 aromatic heterocycles. The molecule has 1 fully saturated rings. The molecule has 0 aromatic carbocycles. The number of hydrogen-bond acceptors (Lipinski definition) is 8. The number of nitrogens with two attached hydrogens (primary N) is 2. The van der Waals surface area contributed by atoms with Crippen molar-refractivity contribution in [3.63, 3.8) is 0 Å². The maximum atomic E-state index is 11.3. The fraction of sp³-hybridized carbons (Fsp3) is 0.444. The number of carbonyl (C=O) groups is 1. The molecule has 1 saturated heterocycles. The molecule has 19 heavy (non-hydrogen) atoms. The van der Waals surface area contributed by atoms with E-state index in [1.165, 1.54) is 4.90 Å². The second-order valence-corrected chi connectivity index (χ2v) is 4.05. The number of nitrogens with zero attached hydrogens (tertiary/aromatic N) is 4. The van der Waals surface area contributed by atoms with Gasteiger partial charge in [0.2, 0.25) is 17.5 Å². The van der Waals surface area contributed by atoms with Crippen LogP contribution in [-0.4, -0.2) is 33.4 Å². The molecule has 2 rings (SSSR count). The first-order chi connectivity index (χ1) is 9.06. The van der Waals surface area contributed by atoms with E-state index in [2.05, 4.69) is 15.4 Å². The Labute approximate surface area is 107 Å². The summed E-state index contributed by atoms with van der Waals surface area (Å²) in [6.45, 7) is 0.468. The quantitative estimate of drug-likeness (QED) is 0.361. The lowest BCUT2D eigenvalue weighted by Gasteiger charge is -2.22. The van der Waals surface area contributed by atoms with Crippen LogP contribution in [0.1, 0.15) is 12.8 Å². The first-order valence-electron chi connectivity index (χ1n) is 5.58. The molecule has 0 radical (unpaired) electrons. The number of amides is 1. The van der Waals surface area contributed by atoms with E-state index in [1.807, 2.05) is 0 Å². The van der Waals surface area contributed by atoms with Crippen molar-refractivity contribution in [2.45, 2.75) is 18.9 Å². The van der Waals surface area contributed by atoms with Crippen molar-refractivity contribution in [1.29, 1.82) is 0 Å². The average Bonchev–Trinajstić information content (AvgIpc) is 2.86. The van der Waals surface area contributed by atoms with Gasteiger partial charge in [0.25, 0.3) is 0 Å². The van der Waals surface area contributed by atoms with Crippen molar-refractivity contribution in [1.82, 2.24) is 9.97 Å². The van der Waals surface area contributed by atoms with Crippen molar-refractivity contribution in [2.24, 2.45) is 11.6 Å². The first-order valence-corrected chi connectivity index (χ1v) is 5.58. The monoisotopic (exact) mass is 267 g/mol. The van der Waals surface area contributed by atoms with Gasteiger partial charge in [0.1, 0.15) is 12.4 Å². The number of rotatable bonds is 4. The third-order valence-corrected chi connectivity index (χ3v) is 2.98. The summed E-state index contributed by atoms with van der Waals surface area (Å²) < 4.78 is 0. The van der Waals surface area contributed by atoms with Crippen LogP contribution in [-0.2, 0) is 4.79 Å². The topological polar surface area (TPSA) is 153 Å². The molecular formula is C9H13N7O3. The molecule has 10 nitrogen and oxygen atoms in total. The number of aromatic nitrogens is 2. The van der Waals surface area contributed by atoms with Gasteiger partial charge >= 0.3 is 5.69 Å². The van der Waals surface area contributed by atoms with Gasteiger partial charge < -0.3 is 16.1 Å². The van der Waals surface area contributed by atoms with Crippen LogP contribution in [0.25, 0.3) is 0 Å². The number of hydrogen-bond donors (Lipinski definition) is 3. The Morgan fingerprint density at radius 3 is 2.89 bits per heavy atom. The maximum Gasteiger partial charge on any atom is 0.354 e. The number of hydrazine groups is 1. The third kappa shape index (κ3) is 2.25. The van der Waals surface area contributed by atoms with Gasteiger partial charge in [-0.25, -0.2) is 15.8 Å². The normalized spacial score (nSPS) is 18.4.